The summed E-state index contributed by atoms with van der Waals surface area (Å²) in [6, 6.07) is 0. The number of likely N-dealkylation sites (N-methyl/N-ethyl adjacent to an activating group) is 1. The Kier molecular flexibility index (Phi) is 10.5. The van der Waals surface area contributed by atoms with Crippen molar-refractivity contribution in [1.29, 1.82) is 0 Å². The van der Waals surface area contributed by atoms with Crippen LogP contribution in [-0.4, -0.2) is 54.6 Å². The van der Waals surface area contributed by atoms with Crippen molar-refractivity contribution in [3.8, 4) is 0 Å². The maximum absolute atomic E-state index is 6.10. The molecule has 20 heavy (non-hydrogen) atoms. The summed E-state index contributed by atoms with van der Waals surface area (Å²) in [5, 5.41) is 0. The first kappa shape index (κ1) is 19.9. The summed E-state index contributed by atoms with van der Waals surface area (Å²) in [6.07, 6.45) is 3.72. The van der Waals surface area contributed by atoms with Gasteiger partial charge in [0.15, 0.2) is 0 Å². The Hall–Kier alpha value is -0.120. The van der Waals surface area contributed by atoms with Gasteiger partial charge in [0.25, 0.3) is 0 Å². The van der Waals surface area contributed by atoms with E-state index in [0.29, 0.717) is 0 Å². The van der Waals surface area contributed by atoms with E-state index in [0.717, 1.165) is 32.1 Å². The van der Waals surface area contributed by atoms with E-state index in [1.165, 1.54) is 32.4 Å². The molecule has 0 radical (unpaired) electrons. The molecule has 0 aromatic heterocycles. The number of rotatable bonds is 12. The van der Waals surface area contributed by atoms with E-state index < -0.39 is 0 Å². The lowest BCUT2D eigenvalue weighted by atomic mass is 9.90. The second-order valence-electron chi connectivity index (χ2n) is 6.59. The fraction of sp³-hybridized carbons (Fsp3) is 1.00. The fourth-order valence-corrected chi connectivity index (χ4v) is 2.82. The van der Waals surface area contributed by atoms with Crippen LogP contribution in [0.25, 0.3) is 0 Å². The van der Waals surface area contributed by atoms with Crippen molar-refractivity contribution in [3.63, 3.8) is 0 Å². The van der Waals surface area contributed by atoms with Gasteiger partial charge < -0.3 is 10.6 Å². The molecule has 1 atom stereocenters. The molecule has 0 saturated heterocycles. The Balaban J connectivity index is 4.37. The van der Waals surface area contributed by atoms with Gasteiger partial charge in [-0.15, -0.1) is 0 Å². The van der Waals surface area contributed by atoms with Gasteiger partial charge in [-0.1, -0.05) is 34.6 Å². The third-order valence-corrected chi connectivity index (χ3v) is 4.64. The molecule has 0 aromatic rings. The topological polar surface area (TPSA) is 32.5 Å². The van der Waals surface area contributed by atoms with Gasteiger partial charge in [-0.25, -0.2) is 0 Å². The quantitative estimate of drug-likeness (QED) is 0.598. The van der Waals surface area contributed by atoms with E-state index in [2.05, 4.69) is 51.3 Å². The first-order valence-electron chi connectivity index (χ1n) is 8.60. The molecule has 122 valence electrons. The van der Waals surface area contributed by atoms with Crippen molar-refractivity contribution in [3.05, 3.63) is 0 Å². The van der Waals surface area contributed by atoms with Gasteiger partial charge >= 0.3 is 0 Å². The molecule has 0 aliphatic heterocycles. The van der Waals surface area contributed by atoms with E-state index in [-0.39, 0.29) is 5.54 Å². The molecule has 0 aliphatic rings. The van der Waals surface area contributed by atoms with E-state index >= 15 is 0 Å². The summed E-state index contributed by atoms with van der Waals surface area (Å²) in [4.78, 5) is 5.10. The highest BCUT2D eigenvalue weighted by atomic mass is 15.2. The van der Waals surface area contributed by atoms with Crippen LogP contribution in [-0.2, 0) is 0 Å². The van der Waals surface area contributed by atoms with E-state index in [1.807, 2.05) is 0 Å². The molecule has 0 heterocycles. The zero-order valence-corrected chi connectivity index (χ0v) is 14.9. The molecule has 0 aromatic carbocycles. The zero-order chi connectivity index (χ0) is 15.6. The smallest absolute Gasteiger partial charge is 0.0303 e. The van der Waals surface area contributed by atoms with E-state index in [9.17, 15) is 0 Å². The Morgan fingerprint density at radius 3 is 2.00 bits per heavy atom. The first-order chi connectivity index (χ1) is 9.43. The Morgan fingerprint density at radius 2 is 1.60 bits per heavy atom. The molecule has 3 heteroatoms. The van der Waals surface area contributed by atoms with Crippen LogP contribution in [0.15, 0.2) is 0 Å². The predicted octanol–water partition coefficient (Wildman–Crippen LogP) is 3.19. The minimum Gasteiger partial charge on any atom is -0.329 e. The lowest BCUT2D eigenvalue weighted by Gasteiger charge is -2.41. The summed E-state index contributed by atoms with van der Waals surface area (Å²) < 4.78 is 0. The van der Waals surface area contributed by atoms with Gasteiger partial charge in [-0.3, -0.25) is 4.90 Å². The van der Waals surface area contributed by atoms with Crippen molar-refractivity contribution in [2.24, 2.45) is 11.7 Å². The predicted molar refractivity (Wildman–Crippen MR) is 91.2 cm³/mol. The highest BCUT2D eigenvalue weighted by Gasteiger charge is 2.28. The molecule has 0 bridgehead atoms. The van der Waals surface area contributed by atoms with E-state index in [4.69, 9.17) is 5.73 Å². The average Bonchev–Trinajstić information content (AvgIpc) is 2.45. The molecule has 2 N–H and O–H groups in total. The van der Waals surface area contributed by atoms with Gasteiger partial charge in [-0.05, 0) is 64.8 Å². The summed E-state index contributed by atoms with van der Waals surface area (Å²) in [5.74, 6) is 0.759. The first-order valence-corrected chi connectivity index (χ1v) is 8.60. The minimum atomic E-state index is 0.169. The standard InChI is InChI=1S/C17H39N3/c1-7-19(8-2)13-10-14-20(9-3)17(6,15-18)12-11-16(4)5/h16H,7-15,18H2,1-6H3. The van der Waals surface area contributed by atoms with Crippen LogP contribution in [0, 0.1) is 5.92 Å². The van der Waals surface area contributed by atoms with Crippen LogP contribution >= 0.6 is 0 Å². The van der Waals surface area contributed by atoms with E-state index in [1.54, 1.807) is 0 Å². The monoisotopic (exact) mass is 285 g/mol. The highest BCUT2D eigenvalue weighted by molar-refractivity contribution is 4.87. The molecular formula is C17H39N3. The zero-order valence-electron chi connectivity index (χ0n) is 14.9. The van der Waals surface area contributed by atoms with Gasteiger partial charge in [-0.2, -0.15) is 0 Å². The maximum atomic E-state index is 6.10. The van der Waals surface area contributed by atoms with Crippen molar-refractivity contribution in [2.45, 2.75) is 66.3 Å². The Bertz CT molecular complexity index is 226. The van der Waals surface area contributed by atoms with Gasteiger partial charge in [0.1, 0.15) is 0 Å². The fourth-order valence-electron chi connectivity index (χ4n) is 2.82. The summed E-state index contributed by atoms with van der Waals surface area (Å²) in [6.45, 7) is 20.2. The lowest BCUT2D eigenvalue weighted by Crippen LogP contribution is -2.52. The third-order valence-electron chi connectivity index (χ3n) is 4.64. The summed E-state index contributed by atoms with van der Waals surface area (Å²) >= 11 is 0. The Morgan fingerprint density at radius 1 is 1.00 bits per heavy atom. The van der Waals surface area contributed by atoms with Gasteiger partial charge in [0, 0.05) is 12.1 Å². The largest absolute Gasteiger partial charge is 0.329 e. The van der Waals surface area contributed by atoms with Crippen LogP contribution in [0.5, 0.6) is 0 Å². The van der Waals surface area contributed by atoms with Crippen molar-refractivity contribution < 1.29 is 0 Å². The summed E-state index contributed by atoms with van der Waals surface area (Å²) in [7, 11) is 0. The van der Waals surface area contributed by atoms with Gasteiger partial charge in [0.05, 0.1) is 0 Å². The van der Waals surface area contributed by atoms with Crippen LogP contribution < -0.4 is 5.73 Å². The minimum absolute atomic E-state index is 0.169. The molecule has 0 saturated carbocycles. The lowest BCUT2D eigenvalue weighted by molar-refractivity contribution is 0.0957. The van der Waals surface area contributed by atoms with Crippen molar-refractivity contribution >= 4 is 0 Å². The number of hydrogen-bond donors (Lipinski definition) is 1. The summed E-state index contributed by atoms with van der Waals surface area (Å²) in [5.41, 5.74) is 6.27. The molecule has 1 unspecified atom stereocenters. The number of nitrogens with two attached hydrogens (primary N) is 1. The van der Waals surface area contributed by atoms with Crippen LogP contribution in [0.1, 0.15) is 60.8 Å². The Labute approximate surface area is 127 Å². The SMILES string of the molecule is CCN(CC)CCCN(CC)C(C)(CN)CCC(C)C. The number of hydrogen-bond acceptors (Lipinski definition) is 3. The molecule has 0 spiro atoms. The molecule has 0 fully saturated rings. The van der Waals surface area contributed by atoms with Crippen LogP contribution in [0.4, 0.5) is 0 Å². The molecular weight excluding hydrogens is 246 g/mol. The normalized spacial score (nSPS) is 15.3. The maximum Gasteiger partial charge on any atom is 0.0303 e. The highest BCUT2D eigenvalue weighted by Crippen LogP contribution is 2.23. The second-order valence-corrected chi connectivity index (χ2v) is 6.59. The van der Waals surface area contributed by atoms with Crippen LogP contribution in [0.3, 0.4) is 0 Å². The third kappa shape index (κ3) is 7.05. The van der Waals surface area contributed by atoms with Crippen molar-refractivity contribution in [2.75, 3.05) is 39.3 Å². The second kappa shape index (κ2) is 10.6. The van der Waals surface area contributed by atoms with Crippen LogP contribution in [0.2, 0.25) is 0 Å². The molecule has 0 aliphatic carbocycles. The average molecular weight is 286 g/mol. The molecule has 3 nitrogen and oxygen atoms in total. The number of nitrogens with zero attached hydrogens (tertiary/aromatic N) is 2. The van der Waals surface area contributed by atoms with Crippen molar-refractivity contribution in [1.82, 2.24) is 9.80 Å². The molecule has 0 rings (SSSR count). The molecule has 0 amide bonds. The van der Waals surface area contributed by atoms with Gasteiger partial charge in [0.2, 0.25) is 0 Å².